The maximum absolute atomic E-state index is 12.8. The minimum atomic E-state index is -1.08. The normalized spacial score (nSPS) is 9.08. The summed E-state index contributed by atoms with van der Waals surface area (Å²) in [5, 5.41) is 0. The second-order valence-electron chi connectivity index (χ2n) is 2.13. The third-order valence-electron chi connectivity index (χ3n) is 1.31. The summed E-state index contributed by atoms with van der Waals surface area (Å²) >= 11 is 0. The van der Waals surface area contributed by atoms with Crippen LogP contribution in [0.4, 0.5) is 8.78 Å². The summed E-state index contributed by atoms with van der Waals surface area (Å²) < 4.78 is 25.1. The maximum atomic E-state index is 12.8. The van der Waals surface area contributed by atoms with E-state index < -0.39 is 23.1 Å². The Morgan fingerprint density at radius 1 is 1.38 bits per heavy atom. The minimum absolute atomic E-state index is 0.454. The summed E-state index contributed by atoms with van der Waals surface area (Å²) in [7, 11) is 0. The third-order valence-corrected chi connectivity index (χ3v) is 1.31. The lowest BCUT2D eigenvalue weighted by molar-refractivity contribution is 0.0999. The van der Waals surface area contributed by atoms with Crippen molar-refractivity contribution in [3.05, 3.63) is 35.4 Å². The summed E-state index contributed by atoms with van der Waals surface area (Å²) in [6, 6.07) is 2.35. The molecule has 1 amide bonds. The van der Waals surface area contributed by atoms with E-state index in [-0.39, 0.29) is 0 Å². The molecule has 1 rings (SSSR count). The van der Waals surface area contributed by atoms with E-state index in [9.17, 15) is 18.4 Å². The molecule has 0 heterocycles. The molecule has 0 radical (unpaired) electrons. The number of hydrogen-bond donors (Lipinski definition) is 0. The number of rotatable bonds is 1. The molecule has 0 spiro atoms. The van der Waals surface area contributed by atoms with Crippen molar-refractivity contribution in [1.82, 2.24) is 0 Å². The molecular formula is C8H3F2NO2. The summed E-state index contributed by atoms with van der Waals surface area (Å²) in [5.74, 6) is -2.93. The van der Waals surface area contributed by atoms with Crippen LogP contribution in [0.5, 0.6) is 0 Å². The van der Waals surface area contributed by atoms with E-state index in [0.717, 1.165) is 18.2 Å². The summed E-state index contributed by atoms with van der Waals surface area (Å²) in [6.45, 7) is 0. The number of nitrogens with zero attached hydrogens (tertiary/aromatic N) is 1. The molecule has 0 unspecified atom stereocenters. The van der Waals surface area contributed by atoms with Crippen molar-refractivity contribution in [2.24, 2.45) is 4.99 Å². The quantitative estimate of drug-likeness (QED) is 0.488. The highest BCUT2D eigenvalue weighted by molar-refractivity contribution is 5.97. The molecule has 1 aromatic carbocycles. The van der Waals surface area contributed by atoms with Crippen LogP contribution >= 0.6 is 0 Å². The van der Waals surface area contributed by atoms with Crippen LogP contribution < -0.4 is 0 Å². The predicted molar refractivity (Wildman–Crippen MR) is 38.8 cm³/mol. The van der Waals surface area contributed by atoms with Crippen molar-refractivity contribution in [1.29, 1.82) is 0 Å². The lowest BCUT2D eigenvalue weighted by atomic mass is 10.2. The van der Waals surface area contributed by atoms with E-state index in [1.54, 1.807) is 0 Å². The molecule has 0 N–H and O–H groups in total. The Hall–Kier alpha value is -1.87. The first kappa shape index (κ1) is 9.22. The van der Waals surface area contributed by atoms with Crippen LogP contribution in [-0.2, 0) is 4.79 Å². The molecule has 0 fully saturated rings. The smallest absolute Gasteiger partial charge is 0.266 e. The number of amides is 1. The van der Waals surface area contributed by atoms with Gasteiger partial charge < -0.3 is 0 Å². The number of halogens is 2. The van der Waals surface area contributed by atoms with Crippen LogP contribution in [0.2, 0.25) is 0 Å². The van der Waals surface area contributed by atoms with Crippen molar-refractivity contribution in [3.63, 3.8) is 0 Å². The number of carbonyl (C=O) groups excluding carboxylic acids is 2. The Morgan fingerprint density at radius 2 is 2.08 bits per heavy atom. The number of carbonyl (C=O) groups is 1. The van der Waals surface area contributed by atoms with Crippen molar-refractivity contribution in [2.45, 2.75) is 0 Å². The van der Waals surface area contributed by atoms with E-state index in [0.29, 0.717) is 6.07 Å². The molecule has 0 aliphatic rings. The monoisotopic (exact) mass is 183 g/mol. The highest BCUT2D eigenvalue weighted by atomic mass is 19.1. The van der Waals surface area contributed by atoms with Gasteiger partial charge in [-0.1, -0.05) is 0 Å². The lowest BCUT2D eigenvalue weighted by Crippen LogP contribution is -1.98. The number of isocyanates is 1. The average molecular weight is 183 g/mol. The van der Waals surface area contributed by atoms with Gasteiger partial charge >= 0.3 is 0 Å². The molecule has 0 aliphatic heterocycles. The van der Waals surface area contributed by atoms with E-state index in [1.165, 1.54) is 0 Å². The standard InChI is InChI=1S/C8H3F2NO2/c9-5-1-2-6(7(10)3-5)8(13)11-4-12/h1-3H. The van der Waals surface area contributed by atoms with E-state index in [1.807, 2.05) is 0 Å². The van der Waals surface area contributed by atoms with Gasteiger partial charge in [0.2, 0.25) is 6.08 Å². The zero-order valence-electron chi connectivity index (χ0n) is 6.25. The summed E-state index contributed by atoms with van der Waals surface area (Å²) in [5.41, 5.74) is -0.454. The van der Waals surface area contributed by atoms with Crippen LogP contribution in [0, 0.1) is 11.6 Å². The number of hydrogen-bond acceptors (Lipinski definition) is 2. The summed E-state index contributed by atoms with van der Waals surface area (Å²) in [4.78, 5) is 23.1. The number of benzene rings is 1. The predicted octanol–water partition coefficient (Wildman–Crippen LogP) is 1.44. The van der Waals surface area contributed by atoms with Gasteiger partial charge in [-0.3, -0.25) is 4.79 Å². The van der Waals surface area contributed by atoms with Gasteiger partial charge in [0, 0.05) is 6.07 Å². The fourth-order valence-electron chi connectivity index (χ4n) is 0.765. The average Bonchev–Trinajstić information content (AvgIpc) is 2.04. The fraction of sp³-hybridized carbons (Fsp3) is 0. The second-order valence-corrected chi connectivity index (χ2v) is 2.13. The Balaban J connectivity index is 3.16. The van der Waals surface area contributed by atoms with Crippen molar-refractivity contribution < 1.29 is 18.4 Å². The molecule has 0 aromatic heterocycles. The number of aliphatic imine (C=N–C) groups is 1. The van der Waals surface area contributed by atoms with E-state index >= 15 is 0 Å². The molecule has 1 aromatic rings. The molecule has 0 saturated heterocycles. The molecule has 0 saturated carbocycles. The zero-order chi connectivity index (χ0) is 9.84. The molecule has 0 aliphatic carbocycles. The second kappa shape index (κ2) is 3.69. The van der Waals surface area contributed by atoms with Gasteiger partial charge in [-0.05, 0) is 12.1 Å². The fourth-order valence-corrected chi connectivity index (χ4v) is 0.765. The highest BCUT2D eigenvalue weighted by Gasteiger charge is 2.10. The van der Waals surface area contributed by atoms with Crippen LogP contribution in [0.15, 0.2) is 23.2 Å². The van der Waals surface area contributed by atoms with Gasteiger partial charge in [0.15, 0.2) is 0 Å². The van der Waals surface area contributed by atoms with E-state index in [4.69, 9.17) is 0 Å². The summed E-state index contributed by atoms with van der Waals surface area (Å²) in [6.07, 6.45) is 0.973. The zero-order valence-corrected chi connectivity index (χ0v) is 6.25. The van der Waals surface area contributed by atoms with Crippen LogP contribution in [0.25, 0.3) is 0 Å². The Kier molecular flexibility index (Phi) is 2.62. The first-order chi connectivity index (χ1) is 6.15. The SMILES string of the molecule is O=C=NC(=O)c1ccc(F)cc1F. The van der Waals surface area contributed by atoms with Gasteiger partial charge in [0.05, 0.1) is 5.56 Å². The first-order valence-corrected chi connectivity index (χ1v) is 3.22. The largest absolute Gasteiger partial charge is 0.290 e. The van der Waals surface area contributed by atoms with Crippen LogP contribution in [0.1, 0.15) is 10.4 Å². The molecule has 0 atom stereocenters. The molecule has 5 heteroatoms. The maximum Gasteiger partial charge on any atom is 0.290 e. The first-order valence-electron chi connectivity index (χ1n) is 3.22. The molecule has 3 nitrogen and oxygen atoms in total. The Labute approximate surface area is 71.7 Å². The van der Waals surface area contributed by atoms with Gasteiger partial charge in [0.1, 0.15) is 11.6 Å². The molecule has 13 heavy (non-hydrogen) atoms. The van der Waals surface area contributed by atoms with Gasteiger partial charge in [0.25, 0.3) is 5.91 Å². The topological polar surface area (TPSA) is 46.5 Å². The van der Waals surface area contributed by atoms with Crippen LogP contribution in [0.3, 0.4) is 0 Å². The Bertz CT molecular complexity index is 397. The molecular weight excluding hydrogens is 180 g/mol. The molecule has 0 bridgehead atoms. The van der Waals surface area contributed by atoms with Crippen molar-refractivity contribution >= 4 is 12.0 Å². The third kappa shape index (κ3) is 2.04. The van der Waals surface area contributed by atoms with Crippen LogP contribution in [-0.4, -0.2) is 12.0 Å². The van der Waals surface area contributed by atoms with Crippen molar-refractivity contribution in [2.75, 3.05) is 0 Å². The van der Waals surface area contributed by atoms with E-state index in [2.05, 4.69) is 4.99 Å². The minimum Gasteiger partial charge on any atom is -0.266 e. The van der Waals surface area contributed by atoms with Gasteiger partial charge in [-0.25, -0.2) is 13.6 Å². The lowest BCUT2D eigenvalue weighted by Gasteiger charge is -1.95. The molecule has 66 valence electrons. The Morgan fingerprint density at radius 3 is 2.62 bits per heavy atom. The van der Waals surface area contributed by atoms with Crippen molar-refractivity contribution in [3.8, 4) is 0 Å². The van der Waals surface area contributed by atoms with Gasteiger partial charge in [-0.2, -0.15) is 0 Å². The highest BCUT2D eigenvalue weighted by Crippen LogP contribution is 2.10. The van der Waals surface area contributed by atoms with Gasteiger partial charge in [-0.15, -0.1) is 4.99 Å².